The largest absolute Gasteiger partial charge is 0.412 e. The van der Waals surface area contributed by atoms with Crippen molar-refractivity contribution in [2.24, 2.45) is 5.92 Å². The van der Waals surface area contributed by atoms with Crippen molar-refractivity contribution in [3.63, 3.8) is 0 Å². The van der Waals surface area contributed by atoms with Crippen LogP contribution >= 0.6 is 0 Å². The molecule has 7 nitrogen and oxygen atoms in total. The van der Waals surface area contributed by atoms with Crippen molar-refractivity contribution in [3.8, 4) is 11.3 Å². The first-order chi connectivity index (χ1) is 13.1. The minimum atomic E-state index is -0.258. The van der Waals surface area contributed by atoms with Gasteiger partial charge in [-0.2, -0.15) is 0 Å². The zero-order valence-electron chi connectivity index (χ0n) is 16.8. The summed E-state index contributed by atoms with van der Waals surface area (Å²) in [4.78, 5) is 17.3. The number of carbonyl (C=O) groups excluding carboxylic acids is 1. The molecule has 2 heterocycles. The standard InChI is InChI=1S/C20H25N3O2.CH4O.H2O/c1-3-5-17(4-2)25-13-15-8-11-19-22-18(12-23(19)20(15)24)14-6-9-16(21)10-7-14;1-2;/h6-12,15,17H,3-5,13,21H2,1-2H3;2H,1H3;1H2/t15?,17-;;/m1../s1. The number of nitrogens with zero attached hydrogens (tertiary/aromatic N) is 2. The second-order valence-electron chi connectivity index (χ2n) is 6.43. The SMILES string of the molecule is CCC[C@@H](CC)OCC1C=Cc2nc(-c3ccc(N)cc3)cn2C1=O.CO.O. The molecule has 2 atom stereocenters. The molecule has 7 heteroatoms. The number of nitrogen functional groups attached to an aromatic ring is 1. The number of aliphatic hydroxyl groups excluding tert-OH is 1. The van der Waals surface area contributed by atoms with Gasteiger partial charge in [-0.1, -0.05) is 38.5 Å². The van der Waals surface area contributed by atoms with Crippen molar-refractivity contribution in [3.05, 3.63) is 42.4 Å². The van der Waals surface area contributed by atoms with Crippen LogP contribution in [0.4, 0.5) is 5.69 Å². The Morgan fingerprint density at radius 1 is 1.25 bits per heavy atom. The minimum absolute atomic E-state index is 0. The van der Waals surface area contributed by atoms with Crippen LogP contribution in [0.5, 0.6) is 0 Å². The molecule has 0 saturated carbocycles. The molecular formula is C21H31N3O4. The van der Waals surface area contributed by atoms with Crippen LogP contribution in [0, 0.1) is 5.92 Å². The second kappa shape index (κ2) is 11.4. The zero-order chi connectivity index (χ0) is 19.8. The molecule has 0 bridgehead atoms. The molecule has 1 aliphatic heterocycles. The van der Waals surface area contributed by atoms with Gasteiger partial charge in [-0.25, -0.2) is 4.98 Å². The molecule has 0 radical (unpaired) electrons. The number of anilines is 1. The van der Waals surface area contributed by atoms with E-state index < -0.39 is 0 Å². The summed E-state index contributed by atoms with van der Waals surface area (Å²) in [6.45, 7) is 4.68. The first-order valence-corrected chi connectivity index (χ1v) is 9.36. The molecule has 1 unspecified atom stereocenters. The molecule has 28 heavy (non-hydrogen) atoms. The third kappa shape index (κ3) is 5.51. The van der Waals surface area contributed by atoms with Gasteiger partial charge in [0, 0.05) is 24.6 Å². The van der Waals surface area contributed by atoms with Crippen LogP contribution in [0.3, 0.4) is 0 Å². The monoisotopic (exact) mass is 389 g/mol. The molecule has 0 saturated heterocycles. The Kier molecular flexibility index (Phi) is 9.58. The number of carbonyl (C=O) groups is 1. The van der Waals surface area contributed by atoms with Crippen molar-refractivity contribution in [1.29, 1.82) is 0 Å². The predicted molar refractivity (Wildman–Crippen MR) is 112 cm³/mol. The number of rotatable bonds is 7. The fourth-order valence-corrected chi connectivity index (χ4v) is 3.04. The van der Waals surface area contributed by atoms with Gasteiger partial charge in [0.15, 0.2) is 0 Å². The molecule has 154 valence electrons. The molecular weight excluding hydrogens is 358 g/mol. The van der Waals surface area contributed by atoms with Gasteiger partial charge in [-0.05, 0) is 31.1 Å². The number of fused-ring (bicyclic) bond motifs is 1. The summed E-state index contributed by atoms with van der Waals surface area (Å²) in [7, 11) is 1.00. The molecule has 0 aliphatic carbocycles. The average Bonchev–Trinajstić information content (AvgIpc) is 3.14. The maximum atomic E-state index is 12.7. The van der Waals surface area contributed by atoms with E-state index in [2.05, 4.69) is 18.8 Å². The van der Waals surface area contributed by atoms with Crippen LogP contribution in [0.1, 0.15) is 43.7 Å². The highest BCUT2D eigenvalue weighted by molar-refractivity contribution is 5.89. The fraction of sp³-hybridized carbons (Fsp3) is 0.429. The van der Waals surface area contributed by atoms with Crippen molar-refractivity contribution in [2.45, 2.75) is 39.2 Å². The Morgan fingerprint density at radius 3 is 2.54 bits per heavy atom. The molecule has 0 fully saturated rings. The van der Waals surface area contributed by atoms with Gasteiger partial charge in [0.2, 0.25) is 5.91 Å². The van der Waals surface area contributed by atoms with E-state index in [1.807, 2.05) is 36.4 Å². The number of aliphatic hydroxyl groups is 1. The number of benzene rings is 1. The van der Waals surface area contributed by atoms with Crippen LogP contribution in [-0.2, 0) is 4.74 Å². The number of hydrogen-bond donors (Lipinski definition) is 2. The van der Waals surface area contributed by atoms with Crippen LogP contribution in [0.25, 0.3) is 17.3 Å². The highest BCUT2D eigenvalue weighted by Gasteiger charge is 2.26. The molecule has 0 spiro atoms. The lowest BCUT2D eigenvalue weighted by Crippen LogP contribution is -2.29. The summed E-state index contributed by atoms with van der Waals surface area (Å²) >= 11 is 0. The van der Waals surface area contributed by atoms with Gasteiger partial charge in [0.1, 0.15) is 5.82 Å². The van der Waals surface area contributed by atoms with Crippen LogP contribution in [0.2, 0.25) is 0 Å². The van der Waals surface area contributed by atoms with E-state index in [0.29, 0.717) is 18.1 Å². The third-order valence-corrected chi connectivity index (χ3v) is 4.55. The lowest BCUT2D eigenvalue weighted by atomic mass is 10.1. The Balaban J connectivity index is 0.00000127. The predicted octanol–water partition coefficient (Wildman–Crippen LogP) is 2.79. The number of imidazole rings is 1. The average molecular weight is 389 g/mol. The number of hydrogen-bond acceptors (Lipinski definition) is 5. The van der Waals surface area contributed by atoms with Crippen molar-refractivity contribution in [1.82, 2.24) is 9.55 Å². The van der Waals surface area contributed by atoms with Crippen molar-refractivity contribution >= 4 is 17.7 Å². The Labute approximate surface area is 166 Å². The van der Waals surface area contributed by atoms with E-state index in [0.717, 1.165) is 37.6 Å². The van der Waals surface area contributed by atoms with Gasteiger partial charge in [-0.15, -0.1) is 0 Å². The number of nitrogens with two attached hydrogens (primary N) is 1. The smallest absolute Gasteiger partial charge is 0.241 e. The molecule has 0 amide bonds. The normalized spacial score (nSPS) is 15.9. The summed E-state index contributed by atoms with van der Waals surface area (Å²) in [5, 5.41) is 7.00. The Bertz CT molecular complexity index is 768. The van der Waals surface area contributed by atoms with E-state index in [4.69, 9.17) is 15.6 Å². The Hall–Kier alpha value is -2.48. The number of aromatic nitrogens is 2. The third-order valence-electron chi connectivity index (χ3n) is 4.55. The quantitative estimate of drug-likeness (QED) is 0.705. The first kappa shape index (κ1) is 23.6. The molecule has 5 N–H and O–H groups in total. The highest BCUT2D eigenvalue weighted by atomic mass is 16.5. The fourth-order valence-electron chi connectivity index (χ4n) is 3.04. The first-order valence-electron chi connectivity index (χ1n) is 9.36. The zero-order valence-corrected chi connectivity index (χ0v) is 16.8. The van der Waals surface area contributed by atoms with E-state index >= 15 is 0 Å². The lowest BCUT2D eigenvalue weighted by Gasteiger charge is -2.21. The topological polar surface area (TPSA) is 122 Å². The van der Waals surface area contributed by atoms with E-state index in [-0.39, 0.29) is 23.4 Å². The summed E-state index contributed by atoms with van der Waals surface area (Å²) in [6.07, 6.45) is 8.90. The lowest BCUT2D eigenvalue weighted by molar-refractivity contribution is 0.0265. The van der Waals surface area contributed by atoms with Crippen LogP contribution in [0.15, 0.2) is 36.5 Å². The van der Waals surface area contributed by atoms with E-state index in [1.54, 1.807) is 10.8 Å². The van der Waals surface area contributed by atoms with Gasteiger partial charge in [-0.3, -0.25) is 9.36 Å². The molecule has 1 aromatic heterocycles. The summed E-state index contributed by atoms with van der Waals surface area (Å²) in [5.41, 5.74) is 8.15. The molecule has 1 aromatic carbocycles. The van der Waals surface area contributed by atoms with Crippen molar-refractivity contribution in [2.75, 3.05) is 19.5 Å². The van der Waals surface area contributed by atoms with Crippen LogP contribution in [-0.4, -0.2) is 45.9 Å². The van der Waals surface area contributed by atoms with Gasteiger partial charge >= 0.3 is 0 Å². The molecule has 1 aliphatic rings. The van der Waals surface area contributed by atoms with Gasteiger partial charge < -0.3 is 21.1 Å². The summed E-state index contributed by atoms with van der Waals surface area (Å²) < 4.78 is 7.57. The maximum Gasteiger partial charge on any atom is 0.241 e. The summed E-state index contributed by atoms with van der Waals surface area (Å²) in [6, 6.07) is 7.49. The highest BCUT2D eigenvalue weighted by Crippen LogP contribution is 2.24. The maximum absolute atomic E-state index is 12.7. The van der Waals surface area contributed by atoms with E-state index in [9.17, 15) is 4.79 Å². The number of ether oxygens (including phenoxy) is 1. The second-order valence-corrected chi connectivity index (χ2v) is 6.43. The Morgan fingerprint density at radius 2 is 1.93 bits per heavy atom. The molecule has 2 aromatic rings. The minimum Gasteiger partial charge on any atom is -0.412 e. The van der Waals surface area contributed by atoms with Crippen molar-refractivity contribution < 1.29 is 20.1 Å². The van der Waals surface area contributed by atoms with Gasteiger partial charge in [0.05, 0.1) is 24.3 Å². The van der Waals surface area contributed by atoms with E-state index in [1.165, 1.54) is 0 Å². The molecule has 3 rings (SSSR count). The van der Waals surface area contributed by atoms with Gasteiger partial charge in [0.25, 0.3) is 0 Å². The summed E-state index contributed by atoms with van der Waals surface area (Å²) in [5.74, 6) is 0.415. The van der Waals surface area contributed by atoms with Crippen LogP contribution < -0.4 is 5.73 Å².